The first-order valence-corrected chi connectivity index (χ1v) is 8.78. The summed E-state index contributed by atoms with van der Waals surface area (Å²) in [5.74, 6) is 0.597. The molecule has 1 N–H and O–H groups in total. The first-order chi connectivity index (χ1) is 10.8. The molecule has 2 aliphatic heterocycles. The Morgan fingerprint density at radius 2 is 1.74 bits per heavy atom. The van der Waals surface area contributed by atoms with Gasteiger partial charge in [0.25, 0.3) is 5.91 Å². The molecule has 4 amide bonds. The molecule has 3 aliphatic rings. The molecule has 1 saturated carbocycles. The number of imide groups is 1. The van der Waals surface area contributed by atoms with E-state index in [4.69, 9.17) is 0 Å². The van der Waals surface area contributed by atoms with E-state index < -0.39 is 17.6 Å². The van der Waals surface area contributed by atoms with Gasteiger partial charge in [0.1, 0.15) is 11.6 Å². The van der Waals surface area contributed by atoms with E-state index >= 15 is 0 Å². The third-order valence-corrected chi connectivity index (χ3v) is 5.58. The summed E-state index contributed by atoms with van der Waals surface area (Å²) in [5, 5.41) is 2.85. The van der Waals surface area contributed by atoms with E-state index in [1.807, 2.05) is 4.90 Å². The zero-order chi connectivity index (χ0) is 16.8. The van der Waals surface area contributed by atoms with Gasteiger partial charge in [-0.15, -0.1) is 0 Å². The Kier molecular flexibility index (Phi) is 4.10. The SMILES string of the molecule is CC1CC(C)CN(C(=O)C(C)N2C(=O)NC3(CCCC3)C2=O)C1. The van der Waals surface area contributed by atoms with Crippen molar-refractivity contribution in [3.05, 3.63) is 0 Å². The Morgan fingerprint density at radius 3 is 2.30 bits per heavy atom. The van der Waals surface area contributed by atoms with Crippen LogP contribution in [-0.2, 0) is 9.59 Å². The zero-order valence-electron chi connectivity index (χ0n) is 14.3. The molecule has 6 heteroatoms. The molecular weight excluding hydrogens is 294 g/mol. The first-order valence-electron chi connectivity index (χ1n) is 8.78. The summed E-state index contributed by atoms with van der Waals surface area (Å²) >= 11 is 0. The van der Waals surface area contributed by atoms with Crippen LogP contribution in [0.25, 0.3) is 0 Å². The zero-order valence-corrected chi connectivity index (χ0v) is 14.3. The predicted octanol–water partition coefficient (Wildman–Crippen LogP) is 1.74. The Balaban J connectivity index is 1.74. The third kappa shape index (κ3) is 2.72. The van der Waals surface area contributed by atoms with Crippen molar-refractivity contribution in [3.8, 4) is 0 Å². The minimum atomic E-state index is -0.742. The Morgan fingerprint density at radius 1 is 1.17 bits per heavy atom. The molecule has 1 spiro atoms. The van der Waals surface area contributed by atoms with E-state index in [0.717, 1.165) is 24.2 Å². The van der Waals surface area contributed by atoms with Crippen LogP contribution < -0.4 is 5.32 Å². The molecule has 3 unspecified atom stereocenters. The molecule has 0 aromatic carbocycles. The summed E-state index contributed by atoms with van der Waals surface area (Å²) in [4.78, 5) is 40.9. The summed E-state index contributed by atoms with van der Waals surface area (Å²) in [6, 6.07) is -1.13. The quantitative estimate of drug-likeness (QED) is 0.788. The van der Waals surface area contributed by atoms with Gasteiger partial charge in [-0.25, -0.2) is 9.69 Å². The highest BCUT2D eigenvalue weighted by molar-refractivity contribution is 6.09. The molecular formula is C17H27N3O3. The number of carbonyl (C=O) groups excluding carboxylic acids is 3. The van der Waals surface area contributed by atoms with Gasteiger partial charge in [0.2, 0.25) is 5.91 Å². The lowest BCUT2D eigenvalue weighted by atomic mass is 9.91. The molecule has 3 rings (SSSR count). The second-order valence-electron chi connectivity index (χ2n) is 7.76. The van der Waals surface area contributed by atoms with Gasteiger partial charge in [0.05, 0.1) is 0 Å². The van der Waals surface area contributed by atoms with Gasteiger partial charge in [-0.2, -0.15) is 0 Å². The van der Waals surface area contributed by atoms with Crippen LogP contribution in [0.1, 0.15) is 52.9 Å². The highest BCUT2D eigenvalue weighted by atomic mass is 16.2. The van der Waals surface area contributed by atoms with Crippen LogP contribution in [0, 0.1) is 11.8 Å². The van der Waals surface area contributed by atoms with Crippen LogP contribution in [0.5, 0.6) is 0 Å². The number of nitrogens with one attached hydrogen (secondary N) is 1. The lowest BCUT2D eigenvalue weighted by Crippen LogP contribution is -2.53. The highest BCUT2D eigenvalue weighted by Gasteiger charge is 2.54. The van der Waals surface area contributed by atoms with Crippen molar-refractivity contribution in [1.82, 2.24) is 15.1 Å². The van der Waals surface area contributed by atoms with E-state index in [-0.39, 0.29) is 11.8 Å². The second kappa shape index (κ2) is 5.80. The van der Waals surface area contributed by atoms with Crippen molar-refractivity contribution < 1.29 is 14.4 Å². The van der Waals surface area contributed by atoms with Gasteiger partial charge >= 0.3 is 6.03 Å². The normalized spacial score (nSPS) is 31.6. The number of nitrogens with zero attached hydrogens (tertiary/aromatic N) is 2. The number of likely N-dealkylation sites (tertiary alicyclic amines) is 1. The standard InChI is InChI=1S/C17H27N3O3/c1-11-8-12(2)10-19(9-11)14(21)13(3)20-15(22)17(18-16(20)23)6-4-5-7-17/h11-13H,4-10H2,1-3H3,(H,18,23). The molecule has 0 aromatic rings. The molecule has 23 heavy (non-hydrogen) atoms. The first kappa shape index (κ1) is 16.3. The summed E-state index contributed by atoms with van der Waals surface area (Å²) in [6.07, 6.45) is 4.39. The van der Waals surface area contributed by atoms with Gasteiger partial charge in [-0.3, -0.25) is 9.59 Å². The van der Waals surface area contributed by atoms with Crippen molar-refractivity contribution >= 4 is 17.8 Å². The number of hydrogen-bond acceptors (Lipinski definition) is 3. The average molecular weight is 321 g/mol. The molecule has 3 atom stereocenters. The van der Waals surface area contributed by atoms with E-state index in [0.29, 0.717) is 37.8 Å². The van der Waals surface area contributed by atoms with Crippen molar-refractivity contribution in [2.75, 3.05) is 13.1 Å². The number of piperidine rings is 1. The van der Waals surface area contributed by atoms with Crippen molar-refractivity contribution in [2.45, 2.75) is 64.5 Å². The highest BCUT2D eigenvalue weighted by Crippen LogP contribution is 2.36. The maximum absolute atomic E-state index is 12.8. The molecule has 6 nitrogen and oxygen atoms in total. The lowest BCUT2D eigenvalue weighted by Gasteiger charge is -2.37. The Hall–Kier alpha value is -1.59. The largest absolute Gasteiger partial charge is 0.340 e. The Labute approximate surface area is 137 Å². The van der Waals surface area contributed by atoms with Gasteiger partial charge in [0, 0.05) is 13.1 Å². The van der Waals surface area contributed by atoms with Gasteiger partial charge in [-0.05, 0) is 38.0 Å². The van der Waals surface area contributed by atoms with E-state index in [9.17, 15) is 14.4 Å². The summed E-state index contributed by atoms with van der Waals surface area (Å²) in [7, 11) is 0. The number of rotatable bonds is 2. The molecule has 3 fully saturated rings. The number of hydrogen-bond donors (Lipinski definition) is 1. The number of urea groups is 1. The van der Waals surface area contributed by atoms with Crippen LogP contribution in [-0.4, -0.2) is 52.3 Å². The maximum Gasteiger partial charge on any atom is 0.325 e. The fourth-order valence-corrected chi connectivity index (χ4v) is 4.53. The van der Waals surface area contributed by atoms with Gasteiger partial charge in [0.15, 0.2) is 0 Å². The fourth-order valence-electron chi connectivity index (χ4n) is 4.53. The molecule has 128 valence electrons. The fraction of sp³-hybridized carbons (Fsp3) is 0.824. The van der Waals surface area contributed by atoms with Crippen LogP contribution in [0.4, 0.5) is 4.79 Å². The van der Waals surface area contributed by atoms with Gasteiger partial charge < -0.3 is 10.2 Å². The number of carbonyl (C=O) groups is 3. The van der Waals surface area contributed by atoms with Crippen molar-refractivity contribution in [2.24, 2.45) is 11.8 Å². The van der Waals surface area contributed by atoms with E-state index in [1.54, 1.807) is 6.92 Å². The van der Waals surface area contributed by atoms with Crippen LogP contribution in [0.15, 0.2) is 0 Å². The second-order valence-corrected chi connectivity index (χ2v) is 7.76. The van der Waals surface area contributed by atoms with Crippen molar-refractivity contribution in [1.29, 1.82) is 0 Å². The van der Waals surface area contributed by atoms with E-state index in [2.05, 4.69) is 19.2 Å². The van der Waals surface area contributed by atoms with Crippen LogP contribution in [0.2, 0.25) is 0 Å². The van der Waals surface area contributed by atoms with E-state index in [1.165, 1.54) is 0 Å². The minimum Gasteiger partial charge on any atom is -0.340 e. The smallest absolute Gasteiger partial charge is 0.325 e. The topological polar surface area (TPSA) is 69.7 Å². The van der Waals surface area contributed by atoms with Crippen molar-refractivity contribution in [3.63, 3.8) is 0 Å². The monoisotopic (exact) mass is 321 g/mol. The summed E-state index contributed by atoms with van der Waals surface area (Å²) in [5.41, 5.74) is -0.742. The molecule has 2 heterocycles. The lowest BCUT2D eigenvalue weighted by molar-refractivity contribution is -0.144. The predicted molar refractivity (Wildman–Crippen MR) is 85.6 cm³/mol. The summed E-state index contributed by atoms with van der Waals surface area (Å²) in [6.45, 7) is 7.38. The molecule has 0 aromatic heterocycles. The summed E-state index contributed by atoms with van der Waals surface area (Å²) < 4.78 is 0. The molecule has 0 radical (unpaired) electrons. The van der Waals surface area contributed by atoms with Gasteiger partial charge in [-0.1, -0.05) is 26.7 Å². The van der Waals surface area contributed by atoms with Crippen LogP contribution >= 0.6 is 0 Å². The number of amides is 4. The molecule has 2 saturated heterocycles. The Bertz CT molecular complexity index is 517. The van der Waals surface area contributed by atoms with Crippen LogP contribution in [0.3, 0.4) is 0 Å². The maximum atomic E-state index is 12.8. The molecule has 0 bridgehead atoms. The third-order valence-electron chi connectivity index (χ3n) is 5.58. The minimum absolute atomic E-state index is 0.109. The molecule has 1 aliphatic carbocycles. The average Bonchev–Trinajstić information content (AvgIpc) is 3.03.